The van der Waals surface area contributed by atoms with E-state index in [-0.39, 0.29) is 11.9 Å². The number of carboxylic acid groups (broad SMARTS) is 1. The molecule has 2 aliphatic heterocycles. The molecule has 0 aromatic heterocycles. The van der Waals surface area contributed by atoms with Crippen molar-refractivity contribution in [1.29, 1.82) is 0 Å². The molecule has 1 saturated carbocycles. The van der Waals surface area contributed by atoms with E-state index < -0.39 is 11.5 Å². The first-order valence-electron chi connectivity index (χ1n) is 8.39. The number of hydrogen-bond donors (Lipinski definition) is 2. The molecule has 118 valence electrons. The Hall–Kier alpha value is -1.10. The van der Waals surface area contributed by atoms with Crippen molar-refractivity contribution in [2.45, 2.75) is 75.9 Å². The minimum atomic E-state index is -0.966. The maximum absolute atomic E-state index is 12.9. The van der Waals surface area contributed by atoms with E-state index in [9.17, 15) is 14.7 Å². The van der Waals surface area contributed by atoms with Crippen LogP contribution in [0.1, 0.15) is 58.3 Å². The zero-order valence-corrected chi connectivity index (χ0v) is 12.8. The van der Waals surface area contributed by atoms with Crippen LogP contribution in [0.5, 0.6) is 0 Å². The van der Waals surface area contributed by atoms with Crippen molar-refractivity contribution in [3.8, 4) is 0 Å². The van der Waals surface area contributed by atoms with E-state index in [0.29, 0.717) is 31.3 Å². The van der Waals surface area contributed by atoms with Crippen LogP contribution in [0.2, 0.25) is 0 Å². The first kappa shape index (κ1) is 14.8. The van der Waals surface area contributed by atoms with Crippen molar-refractivity contribution in [3.05, 3.63) is 0 Å². The highest BCUT2D eigenvalue weighted by Gasteiger charge is 2.51. The molecule has 21 heavy (non-hydrogen) atoms. The van der Waals surface area contributed by atoms with Gasteiger partial charge in [-0.05, 0) is 44.4 Å². The Morgan fingerprint density at radius 3 is 2.71 bits per heavy atom. The molecule has 1 amide bonds. The fourth-order valence-corrected chi connectivity index (χ4v) is 4.64. The lowest BCUT2D eigenvalue weighted by molar-refractivity contribution is -0.157. The lowest BCUT2D eigenvalue weighted by Gasteiger charge is -2.35. The predicted molar refractivity (Wildman–Crippen MR) is 78.9 cm³/mol. The molecule has 4 atom stereocenters. The number of nitrogens with zero attached hydrogens (tertiary/aromatic N) is 1. The highest BCUT2D eigenvalue weighted by Crippen LogP contribution is 2.37. The maximum Gasteiger partial charge on any atom is 0.329 e. The fraction of sp³-hybridized carbons (Fsp3) is 0.875. The summed E-state index contributed by atoms with van der Waals surface area (Å²) in [5, 5.41) is 13.1. The van der Waals surface area contributed by atoms with Crippen molar-refractivity contribution in [2.24, 2.45) is 5.92 Å². The van der Waals surface area contributed by atoms with Gasteiger partial charge in [-0.25, -0.2) is 4.79 Å². The lowest BCUT2D eigenvalue weighted by atomic mass is 9.85. The van der Waals surface area contributed by atoms with Crippen LogP contribution < -0.4 is 5.32 Å². The Kier molecular flexibility index (Phi) is 3.95. The third-order valence-electron chi connectivity index (χ3n) is 5.90. The molecule has 2 heterocycles. The Morgan fingerprint density at radius 2 is 2.05 bits per heavy atom. The first-order valence-corrected chi connectivity index (χ1v) is 8.39. The second kappa shape index (κ2) is 5.59. The molecular formula is C16H26N2O3. The number of aliphatic carboxylic acids is 1. The monoisotopic (exact) mass is 294 g/mol. The number of rotatable bonds is 3. The molecule has 2 saturated heterocycles. The second-order valence-electron chi connectivity index (χ2n) is 6.89. The van der Waals surface area contributed by atoms with Crippen molar-refractivity contribution in [2.75, 3.05) is 6.54 Å². The van der Waals surface area contributed by atoms with Crippen molar-refractivity contribution < 1.29 is 14.7 Å². The molecule has 0 spiro atoms. The van der Waals surface area contributed by atoms with Crippen LogP contribution in [0.15, 0.2) is 0 Å². The van der Waals surface area contributed by atoms with Gasteiger partial charge in [0.1, 0.15) is 5.54 Å². The van der Waals surface area contributed by atoms with Gasteiger partial charge in [0.05, 0.1) is 6.04 Å². The van der Waals surface area contributed by atoms with Crippen LogP contribution in [-0.2, 0) is 9.59 Å². The summed E-state index contributed by atoms with van der Waals surface area (Å²) in [6.45, 7) is 2.47. The first-order chi connectivity index (χ1) is 10.1. The summed E-state index contributed by atoms with van der Waals surface area (Å²) in [5.41, 5.74) is -0.966. The number of carboxylic acids is 1. The minimum absolute atomic E-state index is 0.0196. The Bertz CT molecular complexity index is 425. The number of likely N-dealkylation sites (tertiary alicyclic amines) is 1. The third-order valence-corrected chi connectivity index (χ3v) is 5.90. The Balaban J connectivity index is 1.74. The Labute approximate surface area is 126 Å². The van der Waals surface area contributed by atoms with E-state index in [1.165, 1.54) is 19.3 Å². The molecule has 5 heteroatoms. The number of carbonyl (C=O) groups is 2. The van der Waals surface area contributed by atoms with E-state index in [1.807, 2.05) is 6.92 Å². The summed E-state index contributed by atoms with van der Waals surface area (Å²) in [4.78, 5) is 26.2. The summed E-state index contributed by atoms with van der Waals surface area (Å²) in [5.74, 6) is -0.214. The summed E-state index contributed by atoms with van der Waals surface area (Å²) in [6.07, 6.45) is 7.64. The molecule has 0 aromatic rings. The molecule has 5 nitrogen and oxygen atoms in total. The van der Waals surface area contributed by atoms with Gasteiger partial charge in [0.15, 0.2) is 0 Å². The molecule has 3 fully saturated rings. The number of carbonyl (C=O) groups excluding carboxylic acids is 1. The van der Waals surface area contributed by atoms with E-state index in [2.05, 4.69) is 5.32 Å². The van der Waals surface area contributed by atoms with Gasteiger partial charge in [-0.15, -0.1) is 0 Å². The molecule has 3 aliphatic rings. The molecular weight excluding hydrogens is 268 g/mol. The van der Waals surface area contributed by atoms with Crippen molar-refractivity contribution >= 4 is 11.9 Å². The van der Waals surface area contributed by atoms with E-state index in [0.717, 1.165) is 19.3 Å². The van der Waals surface area contributed by atoms with Gasteiger partial charge >= 0.3 is 5.97 Å². The van der Waals surface area contributed by atoms with Crippen molar-refractivity contribution in [3.63, 3.8) is 0 Å². The van der Waals surface area contributed by atoms with Gasteiger partial charge in [-0.3, -0.25) is 4.79 Å². The van der Waals surface area contributed by atoms with Gasteiger partial charge in [-0.1, -0.05) is 19.8 Å². The number of amides is 1. The SMILES string of the molecule is CCC1(C(=O)O)CCCN1C(=O)C1CC2CCCCC2N1. The van der Waals surface area contributed by atoms with Crippen LogP contribution in [0, 0.1) is 5.92 Å². The number of nitrogens with one attached hydrogen (secondary N) is 1. The normalized spacial score (nSPS) is 39.3. The number of fused-ring (bicyclic) bond motifs is 1. The topological polar surface area (TPSA) is 69.6 Å². The van der Waals surface area contributed by atoms with Crippen LogP contribution in [0.3, 0.4) is 0 Å². The standard InChI is InChI=1S/C16H26N2O3/c1-2-16(15(20)21)8-5-9-18(16)14(19)13-10-11-6-3-4-7-12(11)17-13/h11-13,17H,2-10H2,1H3,(H,20,21). The molecule has 2 N–H and O–H groups in total. The quantitative estimate of drug-likeness (QED) is 0.832. The highest BCUT2D eigenvalue weighted by molar-refractivity contribution is 5.90. The zero-order valence-electron chi connectivity index (χ0n) is 12.8. The van der Waals surface area contributed by atoms with Crippen LogP contribution in [0.4, 0.5) is 0 Å². The van der Waals surface area contributed by atoms with Crippen LogP contribution >= 0.6 is 0 Å². The lowest BCUT2D eigenvalue weighted by Crippen LogP contribution is -2.57. The van der Waals surface area contributed by atoms with E-state index in [4.69, 9.17) is 0 Å². The predicted octanol–water partition coefficient (Wildman–Crippen LogP) is 1.76. The maximum atomic E-state index is 12.9. The largest absolute Gasteiger partial charge is 0.479 e. The molecule has 1 aliphatic carbocycles. The van der Waals surface area contributed by atoms with E-state index in [1.54, 1.807) is 4.90 Å². The van der Waals surface area contributed by atoms with Gasteiger partial charge in [0, 0.05) is 12.6 Å². The average molecular weight is 294 g/mol. The molecule has 4 unspecified atom stereocenters. The molecule has 0 radical (unpaired) electrons. The summed E-state index contributed by atoms with van der Waals surface area (Å²) in [7, 11) is 0. The minimum Gasteiger partial charge on any atom is -0.479 e. The van der Waals surface area contributed by atoms with Gasteiger partial charge in [0.25, 0.3) is 0 Å². The second-order valence-corrected chi connectivity index (χ2v) is 6.89. The van der Waals surface area contributed by atoms with Crippen LogP contribution in [-0.4, -0.2) is 46.1 Å². The van der Waals surface area contributed by atoms with E-state index >= 15 is 0 Å². The molecule has 3 rings (SSSR count). The molecule has 0 aromatic carbocycles. The highest BCUT2D eigenvalue weighted by atomic mass is 16.4. The van der Waals surface area contributed by atoms with Gasteiger partial charge in [0.2, 0.25) is 5.91 Å². The summed E-state index contributed by atoms with van der Waals surface area (Å²) < 4.78 is 0. The fourth-order valence-electron chi connectivity index (χ4n) is 4.64. The van der Waals surface area contributed by atoms with Gasteiger partial charge in [-0.2, -0.15) is 0 Å². The van der Waals surface area contributed by atoms with Crippen molar-refractivity contribution in [1.82, 2.24) is 10.2 Å². The molecule has 0 bridgehead atoms. The third kappa shape index (κ3) is 2.35. The number of hydrogen-bond acceptors (Lipinski definition) is 3. The Morgan fingerprint density at radius 1 is 1.29 bits per heavy atom. The summed E-state index contributed by atoms with van der Waals surface area (Å²) >= 11 is 0. The zero-order chi connectivity index (χ0) is 15.0. The smallest absolute Gasteiger partial charge is 0.329 e. The van der Waals surface area contributed by atoms with Crippen LogP contribution in [0.25, 0.3) is 0 Å². The summed E-state index contributed by atoms with van der Waals surface area (Å²) in [6, 6.07) is 0.303. The van der Waals surface area contributed by atoms with Gasteiger partial charge < -0.3 is 15.3 Å². The average Bonchev–Trinajstić information content (AvgIpc) is 3.10.